The minimum atomic E-state index is -2.39. The highest BCUT2D eigenvalue weighted by Gasteiger charge is 2.09. The van der Waals surface area contributed by atoms with Crippen LogP contribution in [0.25, 0.3) is 0 Å². The van der Waals surface area contributed by atoms with Gasteiger partial charge in [0, 0.05) is 6.54 Å². The molecular weight excluding hydrogens is 152 g/mol. The van der Waals surface area contributed by atoms with Gasteiger partial charge in [0.15, 0.2) is 0 Å². The summed E-state index contributed by atoms with van der Waals surface area (Å²) >= 11 is 0. The summed E-state index contributed by atoms with van der Waals surface area (Å²) in [5, 5.41) is 0. The maximum atomic E-state index is 11.6. The van der Waals surface area contributed by atoms with Gasteiger partial charge in [0.2, 0.25) is 0 Å². The highest BCUT2D eigenvalue weighted by molar-refractivity contribution is 4.57. The normalized spacial score (nSPS) is 13.9. The number of rotatable bonds is 6. The van der Waals surface area contributed by atoms with Crippen molar-refractivity contribution in [2.75, 3.05) is 13.2 Å². The molecule has 0 fully saturated rings. The number of halogens is 2. The lowest BCUT2D eigenvalue weighted by atomic mass is 10.2. The molecular formula is C7H15F2NO. The van der Waals surface area contributed by atoms with Crippen LogP contribution in [-0.2, 0) is 4.74 Å². The molecule has 4 heteroatoms. The van der Waals surface area contributed by atoms with Crippen LogP contribution in [0.3, 0.4) is 0 Å². The summed E-state index contributed by atoms with van der Waals surface area (Å²) in [6.07, 6.45) is -0.927. The smallest absolute Gasteiger partial charge is 0.261 e. The first kappa shape index (κ1) is 10.8. The third-order valence-electron chi connectivity index (χ3n) is 1.33. The third kappa shape index (κ3) is 6.19. The molecule has 0 aromatic rings. The minimum absolute atomic E-state index is 0.200. The van der Waals surface area contributed by atoms with Gasteiger partial charge in [-0.3, -0.25) is 0 Å². The van der Waals surface area contributed by atoms with Crippen molar-refractivity contribution < 1.29 is 13.5 Å². The molecule has 11 heavy (non-hydrogen) atoms. The van der Waals surface area contributed by atoms with Crippen molar-refractivity contribution in [1.82, 2.24) is 0 Å². The van der Waals surface area contributed by atoms with Gasteiger partial charge in [0.1, 0.15) is 6.61 Å². The predicted octanol–water partition coefficient (Wildman–Crippen LogP) is 1.40. The van der Waals surface area contributed by atoms with Crippen molar-refractivity contribution in [3.05, 3.63) is 0 Å². The Labute approximate surface area is 65.7 Å². The Bertz CT molecular complexity index is 90.5. The average Bonchev–Trinajstić information content (AvgIpc) is 1.97. The van der Waals surface area contributed by atoms with E-state index in [2.05, 4.69) is 0 Å². The number of nitrogens with two attached hydrogens (primary N) is 1. The quantitative estimate of drug-likeness (QED) is 0.649. The molecule has 2 nitrogen and oxygen atoms in total. The highest BCUT2D eigenvalue weighted by atomic mass is 19.3. The van der Waals surface area contributed by atoms with E-state index in [1.807, 2.05) is 6.92 Å². The molecule has 0 aliphatic heterocycles. The van der Waals surface area contributed by atoms with Crippen LogP contribution < -0.4 is 5.73 Å². The van der Waals surface area contributed by atoms with Gasteiger partial charge in [0.05, 0.1) is 6.10 Å². The van der Waals surface area contributed by atoms with E-state index in [0.29, 0.717) is 6.54 Å². The molecule has 0 aliphatic rings. The van der Waals surface area contributed by atoms with E-state index in [0.717, 1.165) is 12.8 Å². The molecule has 0 spiro atoms. The minimum Gasteiger partial charge on any atom is -0.371 e. The van der Waals surface area contributed by atoms with Gasteiger partial charge in [-0.2, -0.15) is 0 Å². The molecule has 0 rings (SSSR count). The molecule has 0 aromatic carbocycles. The average molecular weight is 167 g/mol. The molecule has 2 N–H and O–H groups in total. The lowest BCUT2D eigenvalue weighted by Gasteiger charge is -2.13. The van der Waals surface area contributed by atoms with Crippen LogP contribution in [0.15, 0.2) is 0 Å². The van der Waals surface area contributed by atoms with Crippen LogP contribution in [0.4, 0.5) is 8.78 Å². The van der Waals surface area contributed by atoms with Crippen molar-refractivity contribution in [3.8, 4) is 0 Å². The van der Waals surface area contributed by atoms with Crippen molar-refractivity contribution >= 4 is 0 Å². The second-order valence-electron chi connectivity index (χ2n) is 2.37. The zero-order valence-electron chi connectivity index (χ0n) is 6.72. The first-order valence-electron chi connectivity index (χ1n) is 3.80. The summed E-state index contributed by atoms with van der Waals surface area (Å²) in [5.41, 5.74) is 5.28. The molecule has 1 atom stereocenters. The zero-order chi connectivity index (χ0) is 8.69. The summed E-state index contributed by atoms with van der Waals surface area (Å²) < 4.78 is 28.0. The summed E-state index contributed by atoms with van der Waals surface area (Å²) in [5.74, 6) is 0. The lowest BCUT2D eigenvalue weighted by molar-refractivity contribution is -0.0234. The zero-order valence-corrected chi connectivity index (χ0v) is 6.72. The first-order valence-corrected chi connectivity index (χ1v) is 3.80. The topological polar surface area (TPSA) is 35.2 Å². The van der Waals surface area contributed by atoms with Crippen molar-refractivity contribution in [2.24, 2.45) is 5.73 Å². The second kappa shape index (κ2) is 6.49. The maximum Gasteiger partial charge on any atom is 0.261 e. The summed E-state index contributed by atoms with van der Waals surface area (Å²) in [6, 6.07) is 0. The standard InChI is InChI=1S/C7H15F2NO/c1-2-3-6(4-10)11-5-7(8)9/h6-7H,2-5,10H2,1H3. The van der Waals surface area contributed by atoms with Crippen molar-refractivity contribution in [1.29, 1.82) is 0 Å². The fourth-order valence-electron chi connectivity index (χ4n) is 0.800. The Hall–Kier alpha value is -0.220. The molecule has 1 unspecified atom stereocenters. The number of ether oxygens (including phenoxy) is 1. The Kier molecular flexibility index (Phi) is 6.36. The van der Waals surface area contributed by atoms with Gasteiger partial charge >= 0.3 is 0 Å². The summed E-state index contributed by atoms with van der Waals surface area (Å²) in [6.45, 7) is 1.79. The third-order valence-corrected chi connectivity index (χ3v) is 1.33. The molecule has 68 valence electrons. The van der Waals surface area contributed by atoms with Gasteiger partial charge in [-0.05, 0) is 6.42 Å². The van der Waals surface area contributed by atoms with Crippen LogP contribution in [0.2, 0.25) is 0 Å². The van der Waals surface area contributed by atoms with E-state index >= 15 is 0 Å². The molecule has 0 aliphatic carbocycles. The molecule has 0 aromatic heterocycles. The van der Waals surface area contributed by atoms with Gasteiger partial charge in [-0.1, -0.05) is 13.3 Å². The van der Waals surface area contributed by atoms with E-state index < -0.39 is 13.0 Å². The van der Waals surface area contributed by atoms with Crippen molar-refractivity contribution in [2.45, 2.75) is 32.3 Å². The molecule has 0 bridgehead atoms. The fraction of sp³-hybridized carbons (Fsp3) is 1.00. The highest BCUT2D eigenvalue weighted by Crippen LogP contribution is 2.02. The van der Waals surface area contributed by atoms with Gasteiger partial charge in [-0.15, -0.1) is 0 Å². The number of hydrogen-bond donors (Lipinski definition) is 1. The molecule has 0 amide bonds. The van der Waals surface area contributed by atoms with E-state index in [4.69, 9.17) is 10.5 Å². The number of hydrogen-bond acceptors (Lipinski definition) is 2. The van der Waals surface area contributed by atoms with Gasteiger partial charge in [-0.25, -0.2) is 8.78 Å². The van der Waals surface area contributed by atoms with Crippen LogP contribution in [-0.4, -0.2) is 25.7 Å². The predicted molar refractivity (Wildman–Crippen MR) is 39.7 cm³/mol. The largest absolute Gasteiger partial charge is 0.371 e. The van der Waals surface area contributed by atoms with Crippen LogP contribution >= 0.6 is 0 Å². The molecule has 0 saturated carbocycles. The Morgan fingerprint density at radius 2 is 2.09 bits per heavy atom. The Morgan fingerprint density at radius 3 is 2.45 bits per heavy atom. The molecule has 0 heterocycles. The van der Waals surface area contributed by atoms with E-state index in [1.54, 1.807) is 0 Å². The van der Waals surface area contributed by atoms with Crippen LogP contribution in [0.1, 0.15) is 19.8 Å². The van der Waals surface area contributed by atoms with Crippen molar-refractivity contribution in [3.63, 3.8) is 0 Å². The SMILES string of the molecule is CCCC(CN)OCC(F)F. The Morgan fingerprint density at radius 1 is 1.45 bits per heavy atom. The van der Waals surface area contributed by atoms with E-state index in [9.17, 15) is 8.78 Å². The van der Waals surface area contributed by atoms with Gasteiger partial charge < -0.3 is 10.5 Å². The first-order chi connectivity index (χ1) is 5.20. The van der Waals surface area contributed by atoms with E-state index in [1.165, 1.54) is 0 Å². The summed E-state index contributed by atoms with van der Waals surface area (Å²) in [4.78, 5) is 0. The van der Waals surface area contributed by atoms with Crippen LogP contribution in [0.5, 0.6) is 0 Å². The monoisotopic (exact) mass is 167 g/mol. The van der Waals surface area contributed by atoms with E-state index in [-0.39, 0.29) is 6.10 Å². The summed E-state index contributed by atoms with van der Waals surface area (Å²) in [7, 11) is 0. The fourth-order valence-corrected chi connectivity index (χ4v) is 0.800. The maximum absolute atomic E-state index is 11.6. The molecule has 0 saturated heterocycles. The van der Waals surface area contributed by atoms with Gasteiger partial charge in [0.25, 0.3) is 6.43 Å². The Balaban J connectivity index is 3.35. The van der Waals surface area contributed by atoms with Crippen LogP contribution in [0, 0.1) is 0 Å². The number of alkyl halides is 2. The lowest BCUT2D eigenvalue weighted by Crippen LogP contribution is -2.25. The molecule has 0 radical (unpaired) electrons. The second-order valence-corrected chi connectivity index (χ2v) is 2.37.